The first-order valence-corrected chi connectivity index (χ1v) is 4.66. The van der Waals surface area contributed by atoms with Gasteiger partial charge in [-0.1, -0.05) is 0 Å². The molecule has 6 heteroatoms. The molecule has 2 atom stereocenters. The lowest BCUT2D eigenvalue weighted by Crippen LogP contribution is -2.32. The van der Waals surface area contributed by atoms with E-state index in [1.54, 1.807) is 6.07 Å². The van der Waals surface area contributed by atoms with Gasteiger partial charge in [0.15, 0.2) is 6.61 Å². The smallest absolute Gasteiger partial charge is 0.324 e. The second kappa shape index (κ2) is 7.46. The summed E-state index contributed by atoms with van der Waals surface area (Å²) in [6, 6.07) is 1.44. The Labute approximate surface area is 95.1 Å². The largest absolute Gasteiger partial charge is 0.449 e. The van der Waals surface area contributed by atoms with Gasteiger partial charge in [0.1, 0.15) is 12.1 Å². The SMILES string of the molecule is CCO[C@H]1CN[C@H](C(=O)OCC#N)C1.Cl. The third kappa shape index (κ3) is 4.47. The molecule has 0 aromatic carbocycles. The number of rotatable bonds is 4. The average Bonchev–Trinajstić information content (AvgIpc) is 2.63. The molecule has 86 valence electrons. The van der Waals surface area contributed by atoms with E-state index in [-0.39, 0.29) is 37.1 Å². The van der Waals surface area contributed by atoms with Crippen LogP contribution in [0, 0.1) is 11.3 Å². The Morgan fingerprint density at radius 1 is 1.67 bits per heavy atom. The maximum atomic E-state index is 11.3. The summed E-state index contributed by atoms with van der Waals surface area (Å²) in [6.45, 7) is 3.05. The van der Waals surface area contributed by atoms with Crippen LogP contribution in [0.3, 0.4) is 0 Å². The first-order chi connectivity index (χ1) is 6.77. The zero-order valence-electron chi connectivity index (χ0n) is 8.56. The van der Waals surface area contributed by atoms with Gasteiger partial charge in [-0.05, 0) is 6.92 Å². The summed E-state index contributed by atoms with van der Waals surface area (Å²) >= 11 is 0. The van der Waals surface area contributed by atoms with Crippen LogP contribution in [0.15, 0.2) is 0 Å². The number of carbonyl (C=O) groups excluding carboxylic acids is 1. The fourth-order valence-corrected chi connectivity index (χ4v) is 1.45. The van der Waals surface area contributed by atoms with Gasteiger partial charge < -0.3 is 14.8 Å². The zero-order chi connectivity index (χ0) is 10.4. The number of nitrogens with one attached hydrogen (secondary N) is 1. The van der Waals surface area contributed by atoms with Crippen molar-refractivity contribution < 1.29 is 14.3 Å². The summed E-state index contributed by atoms with van der Waals surface area (Å²) in [5, 5.41) is 11.2. The van der Waals surface area contributed by atoms with Gasteiger partial charge in [-0.2, -0.15) is 5.26 Å². The van der Waals surface area contributed by atoms with Crippen molar-refractivity contribution >= 4 is 18.4 Å². The third-order valence-electron chi connectivity index (χ3n) is 2.06. The van der Waals surface area contributed by atoms with Crippen molar-refractivity contribution in [2.24, 2.45) is 0 Å². The normalized spacial score (nSPS) is 24.0. The predicted octanol–water partition coefficient (Wildman–Crippen LogP) is 0.242. The van der Waals surface area contributed by atoms with Crippen LogP contribution in [0.5, 0.6) is 0 Å². The first kappa shape index (κ1) is 14.2. The van der Waals surface area contributed by atoms with Crippen LogP contribution in [-0.2, 0) is 14.3 Å². The minimum Gasteiger partial charge on any atom is -0.449 e. The molecule has 0 aliphatic carbocycles. The standard InChI is InChI=1S/C9H14N2O3.ClH/c1-2-13-7-5-8(11-6-7)9(12)14-4-3-10;/h7-8,11H,2,4-6H2,1H3;1H/t7-,8+;/m1./s1. The maximum absolute atomic E-state index is 11.3. The van der Waals surface area contributed by atoms with Gasteiger partial charge in [-0.25, -0.2) is 0 Å². The number of carbonyl (C=O) groups is 1. The summed E-state index contributed by atoms with van der Waals surface area (Å²) in [6.07, 6.45) is 0.706. The van der Waals surface area contributed by atoms with Gasteiger partial charge in [-0.15, -0.1) is 12.4 Å². The molecule has 0 aromatic heterocycles. The molecule has 1 fully saturated rings. The number of esters is 1. The summed E-state index contributed by atoms with van der Waals surface area (Å²) in [7, 11) is 0. The van der Waals surface area contributed by atoms with Crippen molar-refractivity contribution in [1.82, 2.24) is 5.32 Å². The Morgan fingerprint density at radius 2 is 2.40 bits per heavy atom. The van der Waals surface area contributed by atoms with Crippen LogP contribution in [-0.4, -0.2) is 37.9 Å². The van der Waals surface area contributed by atoms with Crippen molar-refractivity contribution in [3.05, 3.63) is 0 Å². The van der Waals surface area contributed by atoms with Gasteiger partial charge in [0.25, 0.3) is 0 Å². The van der Waals surface area contributed by atoms with Crippen molar-refractivity contribution in [2.75, 3.05) is 19.8 Å². The molecular formula is C9H15ClN2O3. The number of hydrogen-bond donors (Lipinski definition) is 1. The zero-order valence-corrected chi connectivity index (χ0v) is 9.38. The Hall–Kier alpha value is -0.830. The molecule has 1 heterocycles. The van der Waals surface area contributed by atoms with Crippen LogP contribution in [0.25, 0.3) is 0 Å². The number of halogens is 1. The quantitative estimate of drug-likeness (QED) is 0.706. The summed E-state index contributed by atoms with van der Waals surface area (Å²) in [4.78, 5) is 11.3. The lowest BCUT2D eigenvalue weighted by molar-refractivity contribution is -0.144. The highest BCUT2D eigenvalue weighted by Crippen LogP contribution is 2.11. The van der Waals surface area contributed by atoms with Crippen molar-refractivity contribution in [1.29, 1.82) is 5.26 Å². The molecule has 0 saturated carbocycles. The van der Waals surface area contributed by atoms with E-state index in [0.717, 1.165) is 0 Å². The van der Waals surface area contributed by atoms with E-state index in [9.17, 15) is 4.79 Å². The lowest BCUT2D eigenvalue weighted by atomic mass is 10.2. The van der Waals surface area contributed by atoms with Gasteiger partial charge in [0, 0.05) is 19.6 Å². The van der Waals surface area contributed by atoms with Crippen molar-refractivity contribution in [3.8, 4) is 6.07 Å². The molecule has 0 radical (unpaired) electrons. The Bertz CT molecular complexity index is 242. The summed E-state index contributed by atoms with van der Waals surface area (Å²) in [5.41, 5.74) is 0. The summed E-state index contributed by atoms with van der Waals surface area (Å²) in [5.74, 6) is -0.367. The number of nitriles is 1. The van der Waals surface area contributed by atoms with Gasteiger partial charge in [-0.3, -0.25) is 4.79 Å². The first-order valence-electron chi connectivity index (χ1n) is 4.66. The highest BCUT2D eigenvalue weighted by molar-refractivity contribution is 5.85. The minimum atomic E-state index is -0.367. The van der Waals surface area contributed by atoms with E-state index >= 15 is 0 Å². The number of ether oxygens (including phenoxy) is 2. The van der Waals surface area contributed by atoms with Crippen LogP contribution in [0.1, 0.15) is 13.3 Å². The molecular weight excluding hydrogens is 220 g/mol. The highest BCUT2D eigenvalue weighted by atomic mass is 35.5. The van der Waals surface area contributed by atoms with E-state index in [4.69, 9.17) is 10.00 Å². The van der Waals surface area contributed by atoms with E-state index < -0.39 is 0 Å². The fraction of sp³-hybridized carbons (Fsp3) is 0.778. The molecule has 1 N–H and O–H groups in total. The van der Waals surface area contributed by atoms with Crippen LogP contribution in [0.2, 0.25) is 0 Å². The molecule has 1 rings (SSSR count). The molecule has 1 saturated heterocycles. The van der Waals surface area contributed by atoms with E-state index in [1.165, 1.54) is 0 Å². The minimum absolute atomic E-state index is 0. The molecule has 5 nitrogen and oxygen atoms in total. The molecule has 0 bridgehead atoms. The van der Waals surface area contributed by atoms with Crippen molar-refractivity contribution in [3.63, 3.8) is 0 Å². The van der Waals surface area contributed by atoms with Gasteiger partial charge >= 0.3 is 5.97 Å². The molecule has 15 heavy (non-hydrogen) atoms. The Morgan fingerprint density at radius 3 is 3.00 bits per heavy atom. The molecule has 1 aliphatic rings. The average molecular weight is 235 g/mol. The topological polar surface area (TPSA) is 71.3 Å². The molecule has 0 aromatic rings. The second-order valence-corrected chi connectivity index (χ2v) is 3.04. The highest BCUT2D eigenvalue weighted by Gasteiger charge is 2.30. The van der Waals surface area contributed by atoms with E-state index in [2.05, 4.69) is 10.1 Å². The molecule has 0 amide bonds. The number of nitrogens with zero attached hydrogens (tertiary/aromatic N) is 1. The van der Waals surface area contributed by atoms with E-state index in [0.29, 0.717) is 19.6 Å². The van der Waals surface area contributed by atoms with Crippen LogP contribution < -0.4 is 5.32 Å². The molecule has 0 unspecified atom stereocenters. The predicted molar refractivity (Wildman–Crippen MR) is 55.6 cm³/mol. The fourth-order valence-electron chi connectivity index (χ4n) is 1.45. The number of hydrogen-bond acceptors (Lipinski definition) is 5. The van der Waals surface area contributed by atoms with Gasteiger partial charge in [0.05, 0.1) is 6.10 Å². The van der Waals surface area contributed by atoms with Gasteiger partial charge in [0.2, 0.25) is 0 Å². The molecule has 0 spiro atoms. The van der Waals surface area contributed by atoms with Crippen molar-refractivity contribution in [2.45, 2.75) is 25.5 Å². The Kier molecular flexibility index (Phi) is 7.05. The second-order valence-electron chi connectivity index (χ2n) is 3.04. The van der Waals surface area contributed by atoms with E-state index in [1.807, 2.05) is 6.92 Å². The molecule has 1 aliphatic heterocycles. The third-order valence-corrected chi connectivity index (χ3v) is 2.06. The van der Waals surface area contributed by atoms with Crippen LogP contribution >= 0.6 is 12.4 Å². The maximum Gasteiger partial charge on any atom is 0.324 e. The lowest BCUT2D eigenvalue weighted by Gasteiger charge is -2.08. The monoisotopic (exact) mass is 234 g/mol. The summed E-state index contributed by atoms with van der Waals surface area (Å²) < 4.78 is 10.0. The Balaban J connectivity index is 0.00000196. The van der Waals surface area contributed by atoms with Crippen LogP contribution in [0.4, 0.5) is 0 Å².